The van der Waals surface area contributed by atoms with Crippen LogP contribution in [0.5, 0.6) is 0 Å². The van der Waals surface area contributed by atoms with Crippen molar-refractivity contribution in [3.8, 4) is 0 Å². The van der Waals surface area contributed by atoms with Gasteiger partial charge in [-0.3, -0.25) is 0 Å². The van der Waals surface area contributed by atoms with Gasteiger partial charge in [0.2, 0.25) is 0 Å². The van der Waals surface area contributed by atoms with Gasteiger partial charge >= 0.3 is 0 Å². The Morgan fingerprint density at radius 2 is 2.00 bits per heavy atom. The van der Waals surface area contributed by atoms with Gasteiger partial charge in [0.15, 0.2) is 0 Å². The molecule has 0 unspecified atom stereocenters. The van der Waals surface area contributed by atoms with Crippen LogP contribution in [-0.4, -0.2) is 0 Å². The van der Waals surface area contributed by atoms with E-state index in [1.165, 1.54) is 5.56 Å². The Morgan fingerprint density at radius 3 is 2.40 bits per heavy atom. The molecule has 1 heterocycles. The second-order valence-corrected chi connectivity index (χ2v) is 2.51. The zero-order chi connectivity index (χ0) is 7.56. The molecule has 1 heteroatoms. The number of furan rings is 1. The van der Waals surface area contributed by atoms with Crippen LogP contribution in [0.25, 0.3) is 0 Å². The van der Waals surface area contributed by atoms with Crippen LogP contribution in [0.15, 0.2) is 10.5 Å². The van der Waals surface area contributed by atoms with Gasteiger partial charge in [0.25, 0.3) is 0 Å². The van der Waals surface area contributed by atoms with E-state index in [2.05, 4.69) is 19.9 Å². The molecule has 56 valence electrons. The van der Waals surface area contributed by atoms with Crippen LogP contribution < -0.4 is 0 Å². The normalized spacial score (nSPS) is 10.3. The highest BCUT2D eigenvalue weighted by atomic mass is 16.3. The van der Waals surface area contributed by atoms with Crippen LogP contribution in [0.3, 0.4) is 0 Å². The minimum Gasteiger partial charge on any atom is -0.466 e. The van der Waals surface area contributed by atoms with Gasteiger partial charge in [-0.1, -0.05) is 13.8 Å². The zero-order valence-corrected chi connectivity index (χ0v) is 6.90. The maximum absolute atomic E-state index is 5.45. The summed E-state index contributed by atoms with van der Waals surface area (Å²) in [6.45, 7) is 6.28. The van der Waals surface area contributed by atoms with Crippen LogP contribution >= 0.6 is 0 Å². The Labute approximate surface area is 62.1 Å². The minimum atomic E-state index is 1.01. The third-order valence-electron chi connectivity index (χ3n) is 1.72. The largest absolute Gasteiger partial charge is 0.466 e. The SMILES string of the molecule is CCc1cc(C)oc1CC. The Hall–Kier alpha value is -0.720. The molecule has 0 atom stereocenters. The average molecular weight is 138 g/mol. The van der Waals surface area contributed by atoms with Crippen LogP contribution in [0.4, 0.5) is 0 Å². The summed E-state index contributed by atoms with van der Waals surface area (Å²) in [5, 5.41) is 0. The molecule has 0 aliphatic rings. The van der Waals surface area contributed by atoms with E-state index in [0.717, 1.165) is 24.4 Å². The van der Waals surface area contributed by atoms with Crippen molar-refractivity contribution in [3.63, 3.8) is 0 Å². The lowest BCUT2D eigenvalue weighted by atomic mass is 10.1. The average Bonchev–Trinajstić information content (AvgIpc) is 2.30. The third kappa shape index (κ3) is 1.23. The van der Waals surface area contributed by atoms with Crippen LogP contribution in [0.1, 0.15) is 30.9 Å². The Bertz CT molecular complexity index is 189. The van der Waals surface area contributed by atoms with Gasteiger partial charge in [-0.25, -0.2) is 0 Å². The first kappa shape index (κ1) is 7.39. The Balaban J connectivity index is 2.96. The Kier molecular flexibility index (Phi) is 2.15. The fraction of sp³-hybridized carbons (Fsp3) is 0.556. The van der Waals surface area contributed by atoms with E-state index in [-0.39, 0.29) is 0 Å². The molecule has 1 nitrogen and oxygen atoms in total. The highest BCUT2D eigenvalue weighted by molar-refractivity contribution is 5.20. The van der Waals surface area contributed by atoms with Crippen LogP contribution in [0, 0.1) is 6.92 Å². The molecule has 1 aromatic rings. The maximum Gasteiger partial charge on any atom is 0.107 e. The summed E-state index contributed by atoms with van der Waals surface area (Å²) < 4.78 is 5.45. The van der Waals surface area contributed by atoms with Gasteiger partial charge in [0.05, 0.1) is 0 Å². The molecule has 1 rings (SSSR count). The van der Waals surface area contributed by atoms with Gasteiger partial charge < -0.3 is 4.42 Å². The van der Waals surface area contributed by atoms with Crippen molar-refractivity contribution < 1.29 is 4.42 Å². The van der Waals surface area contributed by atoms with Crippen molar-refractivity contribution in [1.29, 1.82) is 0 Å². The molecular weight excluding hydrogens is 124 g/mol. The molecule has 0 spiro atoms. The lowest BCUT2D eigenvalue weighted by Crippen LogP contribution is -1.81. The van der Waals surface area contributed by atoms with E-state index < -0.39 is 0 Å². The predicted octanol–water partition coefficient (Wildman–Crippen LogP) is 2.71. The van der Waals surface area contributed by atoms with Crippen molar-refractivity contribution in [1.82, 2.24) is 0 Å². The van der Waals surface area contributed by atoms with E-state index in [1.54, 1.807) is 0 Å². The van der Waals surface area contributed by atoms with Crippen LogP contribution in [-0.2, 0) is 12.8 Å². The molecule has 0 aliphatic carbocycles. The standard InChI is InChI=1S/C9H14O/c1-4-8-6-7(3)10-9(8)5-2/h6H,4-5H2,1-3H3. The predicted molar refractivity (Wildman–Crippen MR) is 42.2 cm³/mol. The fourth-order valence-corrected chi connectivity index (χ4v) is 1.21. The minimum absolute atomic E-state index is 1.01. The molecule has 1 aromatic heterocycles. The van der Waals surface area contributed by atoms with Crippen molar-refractivity contribution in [2.75, 3.05) is 0 Å². The monoisotopic (exact) mass is 138 g/mol. The second-order valence-electron chi connectivity index (χ2n) is 2.51. The van der Waals surface area contributed by atoms with Crippen molar-refractivity contribution >= 4 is 0 Å². The van der Waals surface area contributed by atoms with Gasteiger partial charge in [0.1, 0.15) is 11.5 Å². The van der Waals surface area contributed by atoms with E-state index in [0.29, 0.717) is 0 Å². The molecule has 0 fully saturated rings. The summed E-state index contributed by atoms with van der Waals surface area (Å²) in [6.07, 6.45) is 2.09. The summed E-state index contributed by atoms with van der Waals surface area (Å²) in [4.78, 5) is 0. The van der Waals surface area contributed by atoms with Crippen molar-refractivity contribution in [3.05, 3.63) is 23.2 Å². The van der Waals surface area contributed by atoms with Gasteiger partial charge in [-0.2, -0.15) is 0 Å². The van der Waals surface area contributed by atoms with Crippen molar-refractivity contribution in [2.45, 2.75) is 33.6 Å². The van der Waals surface area contributed by atoms with E-state index in [4.69, 9.17) is 4.42 Å². The summed E-state index contributed by atoms with van der Waals surface area (Å²) >= 11 is 0. The number of hydrogen-bond acceptors (Lipinski definition) is 1. The molecule has 10 heavy (non-hydrogen) atoms. The van der Waals surface area contributed by atoms with Gasteiger partial charge in [-0.05, 0) is 25.0 Å². The Morgan fingerprint density at radius 1 is 1.30 bits per heavy atom. The summed E-state index contributed by atoms with van der Waals surface area (Å²) in [6, 6.07) is 2.12. The molecule has 0 aliphatic heterocycles. The highest BCUT2D eigenvalue weighted by Gasteiger charge is 2.03. The second kappa shape index (κ2) is 2.91. The zero-order valence-electron chi connectivity index (χ0n) is 6.90. The first-order valence-electron chi connectivity index (χ1n) is 3.86. The molecule has 0 saturated heterocycles. The van der Waals surface area contributed by atoms with Crippen molar-refractivity contribution in [2.24, 2.45) is 0 Å². The van der Waals surface area contributed by atoms with Gasteiger partial charge in [-0.15, -0.1) is 0 Å². The lowest BCUT2D eigenvalue weighted by Gasteiger charge is -1.91. The molecule has 0 radical (unpaired) electrons. The quantitative estimate of drug-likeness (QED) is 0.612. The van der Waals surface area contributed by atoms with Crippen LogP contribution in [0.2, 0.25) is 0 Å². The van der Waals surface area contributed by atoms with Gasteiger partial charge in [0, 0.05) is 6.42 Å². The fourth-order valence-electron chi connectivity index (χ4n) is 1.21. The smallest absolute Gasteiger partial charge is 0.107 e. The lowest BCUT2D eigenvalue weighted by molar-refractivity contribution is 0.485. The molecule has 0 N–H and O–H groups in total. The molecular formula is C9H14O. The molecule has 0 bridgehead atoms. The van der Waals surface area contributed by atoms with E-state index in [1.807, 2.05) is 6.92 Å². The maximum atomic E-state index is 5.45. The van der Waals surface area contributed by atoms with E-state index in [9.17, 15) is 0 Å². The molecule has 0 aromatic carbocycles. The molecule has 0 amide bonds. The first-order valence-corrected chi connectivity index (χ1v) is 3.86. The first-order chi connectivity index (χ1) is 4.77. The number of rotatable bonds is 2. The topological polar surface area (TPSA) is 13.1 Å². The number of hydrogen-bond donors (Lipinski definition) is 0. The summed E-state index contributed by atoms with van der Waals surface area (Å²) in [5.41, 5.74) is 1.36. The third-order valence-corrected chi connectivity index (χ3v) is 1.72. The molecule has 0 saturated carbocycles. The summed E-state index contributed by atoms with van der Waals surface area (Å²) in [7, 11) is 0. The number of aryl methyl sites for hydroxylation is 3. The summed E-state index contributed by atoms with van der Waals surface area (Å²) in [5.74, 6) is 2.19. The van der Waals surface area contributed by atoms with E-state index >= 15 is 0 Å². The highest BCUT2D eigenvalue weighted by Crippen LogP contribution is 2.15.